The van der Waals surface area contributed by atoms with Crippen LogP contribution >= 0.6 is 0 Å². The first kappa shape index (κ1) is 24.8. The van der Waals surface area contributed by atoms with E-state index >= 15 is 0 Å². The molecule has 1 aliphatic rings. The van der Waals surface area contributed by atoms with Crippen LogP contribution < -0.4 is 15.0 Å². The molecule has 1 saturated heterocycles. The summed E-state index contributed by atoms with van der Waals surface area (Å²) >= 11 is 0. The molecule has 188 valence electrons. The number of anilines is 2. The zero-order chi connectivity index (χ0) is 25.9. The maximum Gasteiger partial charge on any atom is 0.418 e. The highest BCUT2D eigenvalue weighted by Gasteiger charge is 2.36. The molecule has 0 spiro atoms. The van der Waals surface area contributed by atoms with Crippen LogP contribution in [0.5, 0.6) is 5.88 Å². The fraction of sp³-hybridized carbons (Fsp3) is 0.217. The van der Waals surface area contributed by atoms with E-state index in [4.69, 9.17) is 4.74 Å². The third-order valence-electron chi connectivity index (χ3n) is 5.34. The van der Waals surface area contributed by atoms with Crippen molar-refractivity contribution in [2.24, 2.45) is 0 Å². The molecule has 13 heteroatoms. The number of hydrogen-bond acceptors (Lipinski definition) is 6. The van der Waals surface area contributed by atoms with Crippen molar-refractivity contribution in [2.45, 2.75) is 6.18 Å². The summed E-state index contributed by atoms with van der Waals surface area (Å²) in [5.41, 5.74) is -1.67. The quantitative estimate of drug-likeness (QED) is 0.529. The highest BCUT2D eigenvalue weighted by molar-refractivity contribution is 5.96. The minimum atomic E-state index is -4.64. The van der Waals surface area contributed by atoms with Crippen LogP contribution in [0, 0.1) is 11.6 Å². The summed E-state index contributed by atoms with van der Waals surface area (Å²) in [7, 11) is 0. The van der Waals surface area contributed by atoms with Crippen LogP contribution in [0.4, 0.5) is 38.3 Å². The molecule has 1 fully saturated rings. The van der Waals surface area contributed by atoms with Gasteiger partial charge in [0.2, 0.25) is 5.88 Å². The Morgan fingerprint density at radius 1 is 0.917 bits per heavy atom. The van der Waals surface area contributed by atoms with Gasteiger partial charge in [-0.3, -0.25) is 10.1 Å². The Labute approximate surface area is 201 Å². The summed E-state index contributed by atoms with van der Waals surface area (Å²) < 4.78 is 71.3. The predicted octanol–water partition coefficient (Wildman–Crippen LogP) is 4.35. The van der Waals surface area contributed by atoms with E-state index in [9.17, 15) is 31.5 Å². The van der Waals surface area contributed by atoms with Crippen molar-refractivity contribution >= 4 is 23.5 Å². The first-order valence-electron chi connectivity index (χ1n) is 10.6. The molecule has 2 aromatic carbocycles. The van der Waals surface area contributed by atoms with Gasteiger partial charge in [-0.05, 0) is 30.3 Å². The average molecular weight is 507 g/mol. The number of hydrogen-bond donors (Lipinski definition) is 1. The van der Waals surface area contributed by atoms with Crippen LogP contribution in [-0.2, 0) is 6.18 Å². The summed E-state index contributed by atoms with van der Waals surface area (Å²) in [6.07, 6.45) is -5.70. The largest absolute Gasteiger partial charge is 0.418 e. The minimum Gasteiger partial charge on any atom is -0.389 e. The second-order valence-electron chi connectivity index (χ2n) is 7.69. The van der Waals surface area contributed by atoms with Gasteiger partial charge in [-0.2, -0.15) is 13.2 Å². The summed E-state index contributed by atoms with van der Waals surface area (Å²) in [6, 6.07) is 10.1. The molecule has 0 radical (unpaired) electrons. The topological polar surface area (TPSA) is 87.7 Å². The van der Waals surface area contributed by atoms with Gasteiger partial charge in [0.25, 0.3) is 5.91 Å². The van der Waals surface area contributed by atoms with E-state index in [1.54, 1.807) is 4.90 Å². The van der Waals surface area contributed by atoms with Crippen molar-refractivity contribution in [2.75, 3.05) is 36.4 Å². The maximum absolute atomic E-state index is 13.6. The van der Waals surface area contributed by atoms with Gasteiger partial charge < -0.3 is 14.5 Å². The highest BCUT2D eigenvalue weighted by atomic mass is 19.4. The van der Waals surface area contributed by atoms with E-state index in [0.29, 0.717) is 25.0 Å². The highest BCUT2D eigenvalue weighted by Crippen LogP contribution is 2.32. The molecule has 3 aromatic rings. The van der Waals surface area contributed by atoms with E-state index < -0.39 is 40.9 Å². The van der Waals surface area contributed by atoms with E-state index in [1.807, 2.05) is 0 Å². The molecule has 2 heterocycles. The van der Waals surface area contributed by atoms with Crippen molar-refractivity contribution in [3.05, 3.63) is 77.4 Å². The van der Waals surface area contributed by atoms with E-state index in [0.717, 1.165) is 24.3 Å². The number of piperazine rings is 1. The average Bonchev–Trinajstić information content (AvgIpc) is 2.85. The number of aromatic nitrogens is 2. The van der Waals surface area contributed by atoms with Crippen molar-refractivity contribution in [1.29, 1.82) is 0 Å². The van der Waals surface area contributed by atoms with Gasteiger partial charge in [0.1, 0.15) is 11.6 Å². The Kier molecular flexibility index (Phi) is 6.99. The van der Waals surface area contributed by atoms with Crippen LogP contribution in [0.15, 0.2) is 54.6 Å². The number of nitrogens with one attached hydrogen (secondary N) is 1. The lowest BCUT2D eigenvalue weighted by Crippen LogP contribution is -2.49. The van der Waals surface area contributed by atoms with Crippen molar-refractivity contribution < 1.29 is 36.3 Å². The van der Waals surface area contributed by atoms with Gasteiger partial charge in [-0.15, -0.1) is 10.2 Å². The SMILES string of the molecule is O=C(Nc1ccc(F)cc1F)Oc1ccc(N2CCN(C(=O)c3ccccc3C(F)(F)F)CC2)nn1. The summed E-state index contributed by atoms with van der Waals surface area (Å²) in [5, 5.41) is 9.86. The minimum absolute atomic E-state index is 0.163. The normalized spacial score (nSPS) is 13.9. The fourth-order valence-corrected chi connectivity index (χ4v) is 3.58. The fourth-order valence-electron chi connectivity index (χ4n) is 3.58. The number of ether oxygens (including phenoxy) is 1. The van der Waals surface area contributed by atoms with Gasteiger partial charge in [0.05, 0.1) is 16.8 Å². The molecule has 36 heavy (non-hydrogen) atoms. The monoisotopic (exact) mass is 507 g/mol. The number of carbonyl (C=O) groups excluding carboxylic acids is 2. The number of benzene rings is 2. The second kappa shape index (κ2) is 10.1. The first-order valence-corrected chi connectivity index (χ1v) is 10.6. The lowest BCUT2D eigenvalue weighted by atomic mass is 10.1. The second-order valence-corrected chi connectivity index (χ2v) is 7.69. The molecule has 1 N–H and O–H groups in total. The van der Waals surface area contributed by atoms with Gasteiger partial charge in [-0.1, -0.05) is 12.1 Å². The Hall–Kier alpha value is -4.29. The van der Waals surface area contributed by atoms with Crippen LogP contribution in [0.1, 0.15) is 15.9 Å². The molecule has 1 aliphatic heterocycles. The molecule has 0 bridgehead atoms. The van der Waals surface area contributed by atoms with E-state index in [1.165, 1.54) is 29.2 Å². The van der Waals surface area contributed by atoms with Crippen molar-refractivity contribution in [3.8, 4) is 5.88 Å². The Morgan fingerprint density at radius 3 is 2.28 bits per heavy atom. The third-order valence-corrected chi connectivity index (χ3v) is 5.34. The number of carbonyl (C=O) groups is 2. The van der Waals surface area contributed by atoms with Gasteiger partial charge in [0.15, 0.2) is 5.82 Å². The van der Waals surface area contributed by atoms with Gasteiger partial charge in [0, 0.05) is 38.3 Å². The maximum atomic E-state index is 13.6. The van der Waals surface area contributed by atoms with E-state index in [2.05, 4.69) is 15.5 Å². The number of nitrogens with zero attached hydrogens (tertiary/aromatic N) is 4. The van der Waals surface area contributed by atoms with Crippen LogP contribution in [0.25, 0.3) is 0 Å². The Balaban J connectivity index is 1.33. The smallest absolute Gasteiger partial charge is 0.389 e. The van der Waals surface area contributed by atoms with Crippen molar-refractivity contribution in [3.63, 3.8) is 0 Å². The number of halogens is 5. The zero-order valence-corrected chi connectivity index (χ0v) is 18.4. The van der Waals surface area contributed by atoms with E-state index in [-0.39, 0.29) is 24.7 Å². The molecular formula is C23H18F5N5O3. The summed E-state index contributed by atoms with van der Waals surface area (Å²) in [5.74, 6) is -2.27. The third kappa shape index (κ3) is 5.67. The first-order chi connectivity index (χ1) is 17.1. The molecule has 1 aromatic heterocycles. The zero-order valence-electron chi connectivity index (χ0n) is 18.4. The molecule has 2 amide bonds. The van der Waals surface area contributed by atoms with Crippen LogP contribution in [0.2, 0.25) is 0 Å². The number of amides is 2. The number of alkyl halides is 3. The molecule has 0 unspecified atom stereocenters. The molecule has 0 atom stereocenters. The van der Waals surface area contributed by atoms with Crippen LogP contribution in [0.3, 0.4) is 0 Å². The lowest BCUT2D eigenvalue weighted by Gasteiger charge is -2.35. The predicted molar refractivity (Wildman–Crippen MR) is 118 cm³/mol. The molecule has 0 aliphatic carbocycles. The van der Waals surface area contributed by atoms with Gasteiger partial charge >= 0.3 is 12.3 Å². The molecule has 0 saturated carbocycles. The van der Waals surface area contributed by atoms with Gasteiger partial charge in [-0.25, -0.2) is 13.6 Å². The number of rotatable bonds is 4. The molecular weight excluding hydrogens is 489 g/mol. The Bertz CT molecular complexity index is 1260. The molecule has 4 rings (SSSR count). The van der Waals surface area contributed by atoms with Crippen molar-refractivity contribution in [1.82, 2.24) is 15.1 Å². The Morgan fingerprint density at radius 2 is 1.64 bits per heavy atom. The van der Waals surface area contributed by atoms with Crippen LogP contribution in [-0.4, -0.2) is 53.3 Å². The standard InChI is InChI=1S/C23H18F5N5O3/c24-14-5-6-18(17(25)13-14)29-22(35)36-20-8-7-19(30-31-20)32-9-11-33(12-10-32)21(34)15-3-1-2-4-16(15)23(26,27)28/h1-8,13H,9-12H2,(H,29,35). The summed E-state index contributed by atoms with van der Waals surface area (Å²) in [6.45, 7) is 0.908. The summed E-state index contributed by atoms with van der Waals surface area (Å²) in [4.78, 5) is 27.7. The lowest BCUT2D eigenvalue weighted by molar-refractivity contribution is -0.138. The molecule has 8 nitrogen and oxygen atoms in total.